The summed E-state index contributed by atoms with van der Waals surface area (Å²) in [7, 11) is 0. The number of carbonyl (C=O) groups is 1. The molecule has 26 heavy (non-hydrogen) atoms. The van der Waals surface area contributed by atoms with Crippen LogP contribution in [0.2, 0.25) is 0 Å². The number of aromatic nitrogens is 1. The molecular formula is C20H26N4O2. The third-order valence-electron chi connectivity index (χ3n) is 5.38. The molecular weight excluding hydrogens is 328 g/mol. The number of nitrogens with zero attached hydrogens (tertiary/aromatic N) is 3. The highest BCUT2D eigenvalue weighted by atomic mass is 16.3. The Kier molecular flexibility index (Phi) is 5.48. The first-order valence-corrected chi connectivity index (χ1v) is 9.17. The molecule has 0 spiro atoms. The first kappa shape index (κ1) is 18.3. The van der Waals surface area contributed by atoms with E-state index in [0.29, 0.717) is 30.5 Å². The van der Waals surface area contributed by atoms with Crippen LogP contribution in [0.15, 0.2) is 22.8 Å². The van der Waals surface area contributed by atoms with Crippen molar-refractivity contribution in [2.24, 2.45) is 0 Å². The molecule has 2 aromatic rings. The van der Waals surface area contributed by atoms with Crippen molar-refractivity contribution in [2.75, 3.05) is 18.4 Å². The van der Waals surface area contributed by atoms with E-state index >= 15 is 0 Å². The van der Waals surface area contributed by atoms with Gasteiger partial charge in [0.25, 0.3) is 0 Å². The van der Waals surface area contributed by atoms with E-state index < -0.39 is 0 Å². The van der Waals surface area contributed by atoms with Crippen LogP contribution in [0.4, 0.5) is 5.82 Å². The number of amides is 1. The molecule has 1 unspecified atom stereocenters. The van der Waals surface area contributed by atoms with E-state index in [-0.39, 0.29) is 5.91 Å². The van der Waals surface area contributed by atoms with Crippen LogP contribution in [0, 0.1) is 25.2 Å². The molecule has 0 aromatic carbocycles. The summed E-state index contributed by atoms with van der Waals surface area (Å²) < 4.78 is 7.39. The molecule has 1 amide bonds. The normalized spacial score (nSPS) is 17.8. The molecule has 0 radical (unpaired) electrons. The zero-order valence-corrected chi connectivity index (χ0v) is 15.7. The van der Waals surface area contributed by atoms with Gasteiger partial charge in [0.2, 0.25) is 5.91 Å². The summed E-state index contributed by atoms with van der Waals surface area (Å²) in [6.45, 7) is 7.83. The predicted octanol–water partition coefficient (Wildman–Crippen LogP) is 3.43. The maximum atomic E-state index is 12.7. The molecule has 6 nitrogen and oxygen atoms in total. The van der Waals surface area contributed by atoms with Gasteiger partial charge in [0, 0.05) is 11.7 Å². The topological polar surface area (TPSA) is 74.2 Å². The number of anilines is 1. The number of piperidine rings is 1. The lowest BCUT2D eigenvalue weighted by Gasteiger charge is -2.32. The molecule has 1 fully saturated rings. The number of nitrogens with one attached hydrogen (secondary N) is 1. The molecule has 0 aliphatic carbocycles. The fourth-order valence-electron chi connectivity index (χ4n) is 3.63. The molecule has 1 atom stereocenters. The summed E-state index contributed by atoms with van der Waals surface area (Å²) in [4.78, 5) is 14.9. The van der Waals surface area contributed by atoms with Crippen LogP contribution in [-0.2, 0) is 11.3 Å². The lowest BCUT2D eigenvalue weighted by atomic mass is 10.0. The van der Waals surface area contributed by atoms with Gasteiger partial charge in [-0.3, -0.25) is 9.69 Å². The highest BCUT2D eigenvalue weighted by Crippen LogP contribution is 2.27. The number of hydrogen-bond donors (Lipinski definition) is 1. The summed E-state index contributed by atoms with van der Waals surface area (Å²) in [6, 6.07) is 6.39. The zero-order valence-electron chi connectivity index (χ0n) is 15.7. The summed E-state index contributed by atoms with van der Waals surface area (Å²) in [5.41, 5.74) is 2.37. The second kappa shape index (κ2) is 7.79. The Bertz CT molecular complexity index is 814. The van der Waals surface area contributed by atoms with Crippen LogP contribution >= 0.6 is 0 Å². The van der Waals surface area contributed by atoms with Gasteiger partial charge >= 0.3 is 0 Å². The minimum atomic E-state index is -0.0755. The van der Waals surface area contributed by atoms with Gasteiger partial charge in [0.05, 0.1) is 24.9 Å². The van der Waals surface area contributed by atoms with E-state index in [2.05, 4.69) is 23.2 Å². The molecule has 3 heterocycles. The van der Waals surface area contributed by atoms with Gasteiger partial charge in [0.1, 0.15) is 17.6 Å². The molecule has 1 N–H and O–H groups in total. The fraction of sp³-hybridized carbons (Fsp3) is 0.500. The van der Waals surface area contributed by atoms with Crippen molar-refractivity contribution in [1.82, 2.24) is 9.47 Å². The highest BCUT2D eigenvalue weighted by molar-refractivity contribution is 5.93. The average Bonchev–Trinajstić information content (AvgIpc) is 3.20. The van der Waals surface area contributed by atoms with Crippen LogP contribution in [0.25, 0.3) is 0 Å². The van der Waals surface area contributed by atoms with E-state index in [1.165, 1.54) is 6.42 Å². The summed E-state index contributed by atoms with van der Waals surface area (Å²) >= 11 is 0. The van der Waals surface area contributed by atoms with Crippen molar-refractivity contribution >= 4 is 11.7 Å². The lowest BCUT2D eigenvalue weighted by Crippen LogP contribution is -2.42. The van der Waals surface area contributed by atoms with Crippen LogP contribution < -0.4 is 5.32 Å². The van der Waals surface area contributed by atoms with Crippen molar-refractivity contribution < 1.29 is 9.21 Å². The van der Waals surface area contributed by atoms with Crippen LogP contribution in [0.1, 0.15) is 48.8 Å². The standard InChI is InChI=1S/C20H26N4O2/c1-14-7-4-5-9-23(14)13-19(25)22-20-18(11-21)15(2)16(3)24(20)12-17-8-6-10-26-17/h6,8,10,14H,4-5,7,9,12-13H2,1-3H3,(H,22,25). The van der Waals surface area contributed by atoms with E-state index in [1.54, 1.807) is 6.26 Å². The fourth-order valence-corrected chi connectivity index (χ4v) is 3.63. The van der Waals surface area contributed by atoms with Gasteiger partial charge in [-0.2, -0.15) is 5.26 Å². The Balaban J connectivity index is 1.82. The monoisotopic (exact) mass is 354 g/mol. The van der Waals surface area contributed by atoms with Gasteiger partial charge in [-0.15, -0.1) is 0 Å². The summed E-state index contributed by atoms with van der Waals surface area (Å²) in [5, 5.41) is 12.6. The van der Waals surface area contributed by atoms with Crippen LogP contribution in [-0.4, -0.2) is 34.5 Å². The Hall–Kier alpha value is -2.52. The van der Waals surface area contributed by atoms with E-state index in [9.17, 15) is 10.1 Å². The quantitative estimate of drug-likeness (QED) is 0.893. The second-order valence-electron chi connectivity index (χ2n) is 7.07. The minimum Gasteiger partial charge on any atom is -0.467 e. The highest BCUT2D eigenvalue weighted by Gasteiger charge is 2.24. The van der Waals surface area contributed by atoms with Crippen molar-refractivity contribution in [3.05, 3.63) is 41.0 Å². The number of hydrogen-bond acceptors (Lipinski definition) is 4. The first-order chi connectivity index (χ1) is 12.5. The van der Waals surface area contributed by atoms with Crippen LogP contribution in [0.3, 0.4) is 0 Å². The molecule has 6 heteroatoms. The SMILES string of the molecule is Cc1c(C#N)c(NC(=O)CN2CCCCC2C)n(Cc2ccco2)c1C. The Labute approximate surface area is 154 Å². The molecule has 0 saturated carbocycles. The molecule has 1 saturated heterocycles. The Morgan fingerprint density at radius 1 is 1.42 bits per heavy atom. The lowest BCUT2D eigenvalue weighted by molar-refractivity contribution is -0.118. The van der Waals surface area contributed by atoms with Gasteiger partial charge in [-0.1, -0.05) is 6.42 Å². The number of likely N-dealkylation sites (tertiary alicyclic amines) is 1. The van der Waals surface area contributed by atoms with Crippen LogP contribution in [0.5, 0.6) is 0 Å². The average molecular weight is 354 g/mol. The van der Waals surface area contributed by atoms with E-state index in [0.717, 1.165) is 36.4 Å². The van der Waals surface area contributed by atoms with E-state index in [4.69, 9.17) is 4.42 Å². The van der Waals surface area contributed by atoms with Crippen molar-refractivity contribution in [2.45, 2.75) is 52.6 Å². The summed E-state index contributed by atoms with van der Waals surface area (Å²) in [6.07, 6.45) is 5.11. The van der Waals surface area contributed by atoms with Crippen molar-refractivity contribution in [1.29, 1.82) is 5.26 Å². The number of rotatable bonds is 5. The third-order valence-corrected chi connectivity index (χ3v) is 5.38. The second-order valence-corrected chi connectivity index (χ2v) is 7.07. The van der Waals surface area contributed by atoms with E-state index in [1.807, 2.05) is 30.5 Å². The first-order valence-electron chi connectivity index (χ1n) is 9.17. The molecule has 1 aliphatic heterocycles. The number of furan rings is 1. The number of carbonyl (C=O) groups excluding carboxylic acids is 1. The van der Waals surface area contributed by atoms with Crippen molar-refractivity contribution in [3.8, 4) is 6.07 Å². The maximum absolute atomic E-state index is 12.7. The molecule has 1 aliphatic rings. The Morgan fingerprint density at radius 3 is 2.88 bits per heavy atom. The maximum Gasteiger partial charge on any atom is 0.239 e. The van der Waals surface area contributed by atoms with Gasteiger partial charge in [-0.05, 0) is 57.9 Å². The van der Waals surface area contributed by atoms with Gasteiger partial charge in [-0.25, -0.2) is 0 Å². The smallest absolute Gasteiger partial charge is 0.239 e. The Morgan fingerprint density at radius 2 is 2.23 bits per heavy atom. The van der Waals surface area contributed by atoms with Gasteiger partial charge < -0.3 is 14.3 Å². The van der Waals surface area contributed by atoms with Crippen molar-refractivity contribution in [3.63, 3.8) is 0 Å². The molecule has 2 aromatic heterocycles. The minimum absolute atomic E-state index is 0.0755. The molecule has 0 bridgehead atoms. The predicted molar refractivity (Wildman–Crippen MR) is 99.9 cm³/mol. The third kappa shape index (κ3) is 3.68. The zero-order chi connectivity index (χ0) is 18.7. The largest absolute Gasteiger partial charge is 0.467 e. The van der Waals surface area contributed by atoms with Gasteiger partial charge in [0.15, 0.2) is 0 Å². The number of nitriles is 1. The molecule has 3 rings (SSSR count). The molecule has 138 valence electrons. The summed E-state index contributed by atoms with van der Waals surface area (Å²) in [5.74, 6) is 1.27.